The highest BCUT2D eigenvalue weighted by Crippen LogP contribution is 2.30. The molecule has 0 spiro atoms. The first kappa shape index (κ1) is 58.7. The van der Waals surface area contributed by atoms with Crippen LogP contribution in [0.2, 0.25) is 0 Å². The first-order valence-electron chi connectivity index (χ1n) is 23.3. The fourth-order valence-corrected chi connectivity index (χ4v) is 9.78. The smallest absolute Gasteiger partial charge is 0.281 e. The summed E-state index contributed by atoms with van der Waals surface area (Å²) in [7, 11) is -5.02. The molecule has 28 heteroatoms. The molecule has 3 heterocycles. The summed E-state index contributed by atoms with van der Waals surface area (Å²) < 4.78 is 80.3. The van der Waals surface area contributed by atoms with E-state index in [1.165, 1.54) is 62.8 Å². The van der Waals surface area contributed by atoms with Gasteiger partial charge in [-0.15, -0.1) is 10.2 Å². The lowest BCUT2D eigenvalue weighted by molar-refractivity contribution is 0.0853. The lowest BCUT2D eigenvalue weighted by atomic mass is 10.1. The van der Waals surface area contributed by atoms with Gasteiger partial charge in [-0.3, -0.25) is 18.7 Å². The molecular weight excluding hydrogens is 1010 g/mol. The number of nitriles is 1. The Balaban J connectivity index is 1.05. The first-order valence-corrected chi connectivity index (χ1v) is 26.3. The van der Waals surface area contributed by atoms with Crippen molar-refractivity contribution in [3.05, 3.63) is 91.5 Å². The predicted octanol–water partition coefficient (Wildman–Crippen LogP) is 2.09. The molecule has 0 radical (unpaired) electrons. The van der Waals surface area contributed by atoms with E-state index in [-0.39, 0.29) is 134 Å². The van der Waals surface area contributed by atoms with Crippen molar-refractivity contribution in [1.82, 2.24) is 28.4 Å². The number of sulfonamides is 2. The quantitative estimate of drug-likeness (QED) is 0.0215. The Morgan fingerprint density at radius 1 is 0.649 bits per heavy atom. The van der Waals surface area contributed by atoms with Gasteiger partial charge in [0.2, 0.25) is 31.8 Å². The van der Waals surface area contributed by atoms with Crippen LogP contribution in [0.25, 0.3) is 0 Å². The summed E-state index contributed by atoms with van der Waals surface area (Å²) in [6, 6.07) is 12.9. The summed E-state index contributed by atoms with van der Waals surface area (Å²) in [5.74, 6) is -1.07. The standard InChI is InChI=1S/C46H62N12O14S2/c1-69-31-39-37(29-47)43(61)57(21-25-71-27-23-59)45(63)41(39)53-51-33-5-9-35(10-6-33)73(65,66)49-13-3-15-55-17-19-56(20-18-55)16-4-14-50-74(67,68)36-11-7-34(8-12-36)52-54-42-40(32-70-2)38(30-48)44(62)58(46(42)64)22-26-72-28-24-60/h5-12,29,47,49-50,59-62H,3-4,13-28,31-32H2,1-2H3. The predicted molar refractivity (Wildman–Crippen MR) is 268 cm³/mol. The van der Waals surface area contributed by atoms with Crippen molar-refractivity contribution in [3.8, 4) is 17.8 Å². The molecule has 0 aliphatic carbocycles. The molecule has 7 N–H and O–H groups in total. The Bertz CT molecular complexity index is 2960. The van der Waals surface area contributed by atoms with Gasteiger partial charge in [0.15, 0.2) is 11.4 Å². The molecule has 1 aliphatic rings. The molecule has 4 aromatic rings. The summed E-state index contributed by atoms with van der Waals surface area (Å²) in [5, 5.41) is 73.3. The number of aliphatic hydroxyl groups excluding tert-OH is 2. The number of aromatic hydroxyl groups is 2. The van der Waals surface area contributed by atoms with Gasteiger partial charge < -0.3 is 54.6 Å². The van der Waals surface area contributed by atoms with Gasteiger partial charge in [-0.25, -0.2) is 26.3 Å². The summed E-state index contributed by atoms with van der Waals surface area (Å²) >= 11 is 0. The second kappa shape index (κ2) is 29.0. The number of rotatable bonds is 31. The Morgan fingerprint density at radius 3 is 1.47 bits per heavy atom. The van der Waals surface area contributed by atoms with Crippen molar-refractivity contribution >= 4 is 49.0 Å². The van der Waals surface area contributed by atoms with E-state index in [1.807, 2.05) is 6.07 Å². The average Bonchev–Trinajstić information content (AvgIpc) is 3.39. The fourth-order valence-electron chi connectivity index (χ4n) is 7.63. The highest BCUT2D eigenvalue weighted by molar-refractivity contribution is 7.89. The number of aromatic nitrogens is 2. The van der Waals surface area contributed by atoms with Crippen LogP contribution in [0.3, 0.4) is 0 Å². The van der Waals surface area contributed by atoms with Gasteiger partial charge in [0.25, 0.3) is 11.1 Å². The van der Waals surface area contributed by atoms with E-state index in [4.69, 9.17) is 34.6 Å². The topological polar surface area (TPSA) is 358 Å². The third-order valence-electron chi connectivity index (χ3n) is 11.5. The minimum Gasteiger partial charge on any atom is -0.494 e. The Hall–Kier alpha value is -6.20. The Kier molecular flexibility index (Phi) is 23.0. The van der Waals surface area contributed by atoms with E-state index >= 15 is 0 Å². The van der Waals surface area contributed by atoms with Gasteiger partial charge in [0.1, 0.15) is 11.6 Å². The molecule has 0 bridgehead atoms. The number of ether oxygens (including phenoxy) is 4. The number of hydrogen-bond donors (Lipinski definition) is 7. The van der Waals surface area contributed by atoms with Gasteiger partial charge in [0, 0.05) is 70.8 Å². The first-order chi connectivity index (χ1) is 35.6. The van der Waals surface area contributed by atoms with Gasteiger partial charge in [-0.2, -0.15) is 15.5 Å². The summed E-state index contributed by atoms with van der Waals surface area (Å²) in [6.45, 7) is 3.61. The number of azo groups is 2. The monoisotopic (exact) mass is 1070 g/mol. The second-order valence-corrected chi connectivity index (χ2v) is 19.9. The van der Waals surface area contributed by atoms with Crippen LogP contribution in [0, 0.1) is 16.7 Å². The number of nitrogens with one attached hydrogen (secondary N) is 3. The maximum atomic E-state index is 13.4. The van der Waals surface area contributed by atoms with Crippen LogP contribution in [0.4, 0.5) is 22.7 Å². The third-order valence-corrected chi connectivity index (χ3v) is 14.4. The summed E-state index contributed by atoms with van der Waals surface area (Å²) in [5.41, 5.74) is -1.54. The van der Waals surface area contributed by atoms with Crippen molar-refractivity contribution in [1.29, 1.82) is 10.7 Å². The molecule has 1 saturated heterocycles. The SMILES string of the molecule is COCc1c(C#N)c(O)n(CCOCCO)c(=O)c1N=Nc1ccc(S(=O)(=O)NCCCN2CCN(CCCNS(=O)(=O)c3ccc(N=Nc4c(COC)c(C=N)c(O)n(CCOCCO)c4=O)cc3)CC2)cc1. The number of aliphatic hydroxyl groups is 2. The van der Waals surface area contributed by atoms with E-state index in [2.05, 4.69) is 39.7 Å². The van der Waals surface area contributed by atoms with Crippen LogP contribution in [0.1, 0.15) is 35.1 Å². The lowest BCUT2D eigenvalue weighted by Crippen LogP contribution is -2.47. The molecule has 402 valence electrons. The van der Waals surface area contributed by atoms with Crippen LogP contribution >= 0.6 is 0 Å². The number of nitrogens with zero attached hydrogens (tertiary/aromatic N) is 9. The molecule has 74 heavy (non-hydrogen) atoms. The summed E-state index contributed by atoms with van der Waals surface area (Å²) in [6.07, 6.45) is 1.97. The normalized spacial score (nSPS) is 13.8. The molecule has 0 unspecified atom stereocenters. The molecule has 2 aromatic carbocycles. The van der Waals surface area contributed by atoms with E-state index in [0.29, 0.717) is 25.9 Å². The highest BCUT2D eigenvalue weighted by Gasteiger charge is 2.24. The molecule has 0 saturated carbocycles. The summed E-state index contributed by atoms with van der Waals surface area (Å²) in [4.78, 5) is 31.1. The third kappa shape index (κ3) is 15.9. The maximum Gasteiger partial charge on any atom is 0.281 e. The Morgan fingerprint density at radius 2 is 1.07 bits per heavy atom. The molecule has 0 amide bonds. The van der Waals surface area contributed by atoms with Crippen molar-refractivity contribution < 1.29 is 56.2 Å². The van der Waals surface area contributed by atoms with E-state index in [0.717, 1.165) is 41.5 Å². The van der Waals surface area contributed by atoms with Gasteiger partial charge in [-0.1, -0.05) is 0 Å². The number of benzene rings is 2. The van der Waals surface area contributed by atoms with E-state index in [9.17, 15) is 41.9 Å². The zero-order chi connectivity index (χ0) is 53.7. The molecular formula is C46H62N12O14S2. The molecule has 26 nitrogen and oxygen atoms in total. The lowest BCUT2D eigenvalue weighted by Gasteiger charge is -2.34. The van der Waals surface area contributed by atoms with Crippen LogP contribution in [-0.4, -0.2) is 169 Å². The zero-order valence-corrected chi connectivity index (χ0v) is 42.7. The van der Waals surface area contributed by atoms with Crippen LogP contribution in [-0.2, 0) is 65.3 Å². The molecule has 2 aromatic heterocycles. The van der Waals surface area contributed by atoms with Crippen molar-refractivity contribution in [2.24, 2.45) is 20.5 Å². The molecule has 5 rings (SSSR count). The fraction of sp³-hybridized carbons (Fsp3) is 0.478. The Labute approximate surface area is 427 Å². The largest absolute Gasteiger partial charge is 0.494 e. The van der Waals surface area contributed by atoms with Gasteiger partial charge in [-0.05, 0) is 74.5 Å². The minimum atomic E-state index is -3.88. The average molecular weight is 1070 g/mol. The van der Waals surface area contributed by atoms with Crippen molar-refractivity contribution in [2.75, 3.05) is 106 Å². The number of piperazine rings is 1. The van der Waals surface area contributed by atoms with Crippen molar-refractivity contribution in [3.63, 3.8) is 0 Å². The molecule has 1 fully saturated rings. The van der Waals surface area contributed by atoms with E-state index in [1.54, 1.807) is 0 Å². The maximum absolute atomic E-state index is 13.4. The number of methoxy groups -OCH3 is 2. The number of hydrogen-bond acceptors (Lipinski definition) is 22. The minimum absolute atomic E-state index is 0.0000647. The van der Waals surface area contributed by atoms with Crippen LogP contribution in [0.15, 0.2) is 88.4 Å². The van der Waals surface area contributed by atoms with Crippen molar-refractivity contribution in [2.45, 2.75) is 48.9 Å². The highest BCUT2D eigenvalue weighted by atomic mass is 32.2. The number of pyridine rings is 2. The molecule has 0 atom stereocenters. The second-order valence-electron chi connectivity index (χ2n) is 16.4. The van der Waals surface area contributed by atoms with E-state index < -0.39 is 42.9 Å². The molecule has 1 aliphatic heterocycles. The van der Waals surface area contributed by atoms with Gasteiger partial charge in [0.05, 0.1) is 92.7 Å². The van der Waals surface area contributed by atoms with Gasteiger partial charge >= 0.3 is 0 Å². The van der Waals surface area contributed by atoms with Crippen LogP contribution < -0.4 is 20.6 Å². The zero-order valence-electron chi connectivity index (χ0n) is 41.1. The van der Waals surface area contributed by atoms with Crippen LogP contribution in [0.5, 0.6) is 11.8 Å².